The third kappa shape index (κ3) is 3.88. The third-order valence-electron chi connectivity index (χ3n) is 5.71. The molecule has 1 saturated carbocycles. The summed E-state index contributed by atoms with van der Waals surface area (Å²) in [6.45, 7) is 4.15. The normalized spacial score (nSPS) is 19.1. The molecule has 31 heavy (non-hydrogen) atoms. The van der Waals surface area contributed by atoms with E-state index in [-0.39, 0.29) is 5.91 Å². The van der Waals surface area contributed by atoms with Crippen LogP contribution in [0.15, 0.2) is 47.9 Å². The summed E-state index contributed by atoms with van der Waals surface area (Å²) in [7, 11) is 0. The van der Waals surface area contributed by atoms with Crippen molar-refractivity contribution in [3.05, 3.63) is 58.6 Å². The Hall–Kier alpha value is -2.29. The van der Waals surface area contributed by atoms with Crippen LogP contribution in [0.25, 0.3) is 22.3 Å². The lowest BCUT2D eigenvalue weighted by molar-refractivity contribution is -0.121. The monoisotopic (exact) mass is 466 g/mol. The maximum atomic E-state index is 12.9. The minimum Gasteiger partial charge on any atom is -0.289 e. The van der Waals surface area contributed by atoms with Crippen LogP contribution in [0.3, 0.4) is 0 Å². The molecular weight excluding hydrogens is 444 g/mol. The van der Waals surface area contributed by atoms with E-state index < -0.39 is 0 Å². The summed E-state index contributed by atoms with van der Waals surface area (Å²) in [6.07, 6.45) is 9.82. The van der Waals surface area contributed by atoms with Crippen LogP contribution in [0, 0.1) is 0 Å². The van der Waals surface area contributed by atoms with Crippen LogP contribution in [0.4, 0.5) is 0 Å². The van der Waals surface area contributed by atoms with Crippen molar-refractivity contribution in [2.24, 2.45) is 0 Å². The number of rotatable bonds is 5. The summed E-state index contributed by atoms with van der Waals surface area (Å²) in [6, 6.07) is 10.1. The van der Waals surface area contributed by atoms with Gasteiger partial charge in [-0.1, -0.05) is 91.0 Å². The molecule has 1 aliphatic heterocycles. The van der Waals surface area contributed by atoms with Gasteiger partial charge in [0.1, 0.15) is 9.33 Å². The van der Waals surface area contributed by atoms with Crippen molar-refractivity contribution in [1.82, 2.24) is 19.5 Å². The number of nitrogens with zero attached hydrogens (tertiary/aromatic N) is 4. The highest BCUT2D eigenvalue weighted by Crippen LogP contribution is 2.38. The van der Waals surface area contributed by atoms with Gasteiger partial charge in [-0.15, -0.1) is 6.58 Å². The van der Waals surface area contributed by atoms with Gasteiger partial charge in [-0.2, -0.15) is 5.10 Å². The molecule has 0 spiro atoms. The maximum absolute atomic E-state index is 12.9. The number of thiocarbonyl (C=S) groups is 1. The lowest BCUT2D eigenvalue weighted by Gasteiger charge is -2.18. The number of aromatic nitrogens is 3. The van der Waals surface area contributed by atoms with Crippen LogP contribution in [0.1, 0.15) is 48.7 Å². The van der Waals surface area contributed by atoms with Crippen LogP contribution in [0.2, 0.25) is 0 Å². The first kappa shape index (κ1) is 20.6. The second kappa shape index (κ2) is 8.68. The zero-order valence-electron chi connectivity index (χ0n) is 17.0. The minimum absolute atomic E-state index is 0.0911. The van der Waals surface area contributed by atoms with Gasteiger partial charge in [-0.25, -0.2) is 9.50 Å². The van der Waals surface area contributed by atoms with Gasteiger partial charge in [0.25, 0.3) is 5.91 Å². The van der Waals surface area contributed by atoms with E-state index in [1.54, 1.807) is 22.3 Å². The molecular formula is C23H22N4OS3. The summed E-state index contributed by atoms with van der Waals surface area (Å²) in [5.41, 5.74) is 2.68. The molecule has 3 heterocycles. The van der Waals surface area contributed by atoms with E-state index >= 15 is 0 Å². The van der Waals surface area contributed by atoms with Gasteiger partial charge >= 0.3 is 0 Å². The number of fused-ring (bicyclic) bond motifs is 1. The molecule has 2 aromatic heterocycles. The Morgan fingerprint density at radius 2 is 1.97 bits per heavy atom. The predicted octanol–water partition coefficient (Wildman–Crippen LogP) is 5.89. The molecule has 5 nitrogen and oxygen atoms in total. The Kier molecular flexibility index (Phi) is 5.77. The number of hydrogen-bond donors (Lipinski definition) is 0. The molecule has 1 aliphatic carbocycles. The van der Waals surface area contributed by atoms with Crippen molar-refractivity contribution >= 4 is 56.6 Å². The first-order chi connectivity index (χ1) is 15.2. The van der Waals surface area contributed by atoms with Gasteiger partial charge in [-0.05, 0) is 18.9 Å². The van der Waals surface area contributed by atoms with Gasteiger partial charge in [0, 0.05) is 18.0 Å². The van der Waals surface area contributed by atoms with Gasteiger partial charge in [0.2, 0.25) is 4.96 Å². The van der Waals surface area contributed by atoms with E-state index in [0.29, 0.717) is 21.7 Å². The number of imidazole rings is 1. The van der Waals surface area contributed by atoms with Crippen LogP contribution in [-0.2, 0) is 4.79 Å². The number of benzene rings is 1. The molecule has 0 atom stereocenters. The summed E-state index contributed by atoms with van der Waals surface area (Å²) in [5.74, 6) is 0.422. The van der Waals surface area contributed by atoms with Gasteiger partial charge < -0.3 is 0 Å². The fourth-order valence-electron chi connectivity index (χ4n) is 4.14. The topological polar surface area (TPSA) is 50.5 Å². The molecule has 0 unspecified atom stereocenters. The summed E-state index contributed by atoms with van der Waals surface area (Å²) < 4.78 is 2.47. The number of carbonyl (C=O) groups excluding carboxylic acids is 1. The number of thioether (sulfide) groups is 1. The molecule has 0 N–H and O–H groups in total. The molecule has 1 amide bonds. The van der Waals surface area contributed by atoms with Gasteiger partial charge in [0.15, 0.2) is 0 Å². The third-order valence-corrected chi connectivity index (χ3v) is 8.16. The Morgan fingerprint density at radius 1 is 1.19 bits per heavy atom. The Morgan fingerprint density at radius 3 is 2.71 bits per heavy atom. The molecule has 0 bridgehead atoms. The van der Waals surface area contributed by atoms with Crippen LogP contribution in [-0.4, -0.2) is 36.3 Å². The second-order valence-corrected chi connectivity index (χ2v) is 10.4. The van der Waals surface area contributed by atoms with Crippen molar-refractivity contribution in [2.75, 3.05) is 6.54 Å². The zero-order valence-corrected chi connectivity index (χ0v) is 19.4. The summed E-state index contributed by atoms with van der Waals surface area (Å²) in [4.78, 5) is 20.9. The second-order valence-electron chi connectivity index (χ2n) is 7.76. The predicted molar refractivity (Wildman–Crippen MR) is 132 cm³/mol. The number of hydrogen-bond acceptors (Lipinski definition) is 6. The number of carbonyl (C=O) groups is 1. The fourth-order valence-corrected chi connectivity index (χ4v) is 6.47. The maximum Gasteiger partial charge on any atom is 0.266 e. The van der Waals surface area contributed by atoms with Crippen molar-refractivity contribution in [3.63, 3.8) is 0 Å². The SMILES string of the molecule is C=CCN1C(=O)/C(=C/c2c(-c3ccccc3)nc3sc(C4CCCCC4)nn23)SC1=S. The number of amides is 1. The highest BCUT2D eigenvalue weighted by Gasteiger charge is 2.32. The van der Waals surface area contributed by atoms with E-state index in [1.165, 1.54) is 43.9 Å². The van der Waals surface area contributed by atoms with E-state index in [0.717, 1.165) is 26.9 Å². The fraction of sp³-hybridized carbons (Fsp3) is 0.304. The highest BCUT2D eigenvalue weighted by atomic mass is 32.2. The molecule has 5 rings (SSSR count). The largest absolute Gasteiger partial charge is 0.289 e. The first-order valence-corrected chi connectivity index (χ1v) is 12.5. The average molecular weight is 467 g/mol. The highest BCUT2D eigenvalue weighted by molar-refractivity contribution is 8.26. The van der Waals surface area contributed by atoms with Crippen LogP contribution >= 0.6 is 35.3 Å². The molecule has 2 fully saturated rings. The van der Waals surface area contributed by atoms with E-state index in [9.17, 15) is 4.79 Å². The molecule has 1 saturated heterocycles. The van der Waals surface area contributed by atoms with Crippen molar-refractivity contribution in [2.45, 2.75) is 38.0 Å². The minimum atomic E-state index is -0.0911. The lowest BCUT2D eigenvalue weighted by atomic mass is 9.90. The quantitative estimate of drug-likeness (QED) is 0.266. The van der Waals surface area contributed by atoms with Crippen molar-refractivity contribution in [3.8, 4) is 11.3 Å². The standard InChI is InChI=1S/C23H22N4OS3/c1-2-13-26-21(28)18(30-23(26)29)14-17-19(15-9-5-3-6-10-15)24-22-27(17)25-20(31-22)16-11-7-4-8-12-16/h2-3,5-6,9-10,14,16H,1,4,7-8,11-13H2/b18-14-. The van der Waals surface area contributed by atoms with Crippen molar-refractivity contribution < 1.29 is 4.79 Å². The lowest BCUT2D eigenvalue weighted by Crippen LogP contribution is -2.27. The van der Waals surface area contributed by atoms with E-state index in [4.69, 9.17) is 22.3 Å². The van der Waals surface area contributed by atoms with Crippen LogP contribution in [0.5, 0.6) is 0 Å². The molecule has 0 radical (unpaired) electrons. The Bertz CT molecular complexity index is 1190. The van der Waals surface area contributed by atoms with Crippen LogP contribution < -0.4 is 0 Å². The molecule has 8 heteroatoms. The van der Waals surface area contributed by atoms with Gasteiger partial charge in [-0.3, -0.25) is 9.69 Å². The average Bonchev–Trinajstić information content (AvgIpc) is 3.44. The Balaban J connectivity index is 1.61. The zero-order chi connectivity index (χ0) is 21.4. The smallest absolute Gasteiger partial charge is 0.266 e. The molecule has 3 aromatic rings. The van der Waals surface area contributed by atoms with E-state index in [2.05, 4.69) is 6.58 Å². The summed E-state index contributed by atoms with van der Waals surface area (Å²) >= 11 is 8.41. The van der Waals surface area contributed by atoms with E-state index in [1.807, 2.05) is 40.9 Å². The molecule has 158 valence electrons. The van der Waals surface area contributed by atoms with Crippen molar-refractivity contribution in [1.29, 1.82) is 0 Å². The molecule has 1 aromatic carbocycles. The van der Waals surface area contributed by atoms with Gasteiger partial charge in [0.05, 0.1) is 16.3 Å². The molecule has 2 aliphatic rings. The summed E-state index contributed by atoms with van der Waals surface area (Å²) in [5, 5.41) is 6.12. The Labute approximate surface area is 194 Å². The first-order valence-electron chi connectivity index (χ1n) is 10.5.